The second kappa shape index (κ2) is 10.7. The van der Waals surface area contributed by atoms with Gasteiger partial charge in [-0.2, -0.15) is 0 Å². The van der Waals surface area contributed by atoms with Crippen molar-refractivity contribution in [2.24, 2.45) is 0 Å². The summed E-state index contributed by atoms with van der Waals surface area (Å²) in [4.78, 5) is 38.5. The third kappa shape index (κ3) is 5.47. The molecule has 1 aliphatic rings. The number of furan rings is 1. The van der Waals surface area contributed by atoms with Crippen molar-refractivity contribution in [1.29, 1.82) is 0 Å². The van der Waals surface area contributed by atoms with E-state index in [1.807, 2.05) is 23.1 Å². The van der Waals surface area contributed by atoms with Gasteiger partial charge in [0.1, 0.15) is 11.3 Å². The van der Waals surface area contributed by atoms with Crippen LogP contribution < -0.4 is 20.9 Å². The third-order valence-electron chi connectivity index (χ3n) is 6.14. The fourth-order valence-electron chi connectivity index (χ4n) is 4.34. The van der Waals surface area contributed by atoms with E-state index in [1.54, 1.807) is 48.5 Å². The van der Waals surface area contributed by atoms with Crippen LogP contribution >= 0.6 is 12.2 Å². The summed E-state index contributed by atoms with van der Waals surface area (Å²) in [6.45, 7) is 1.50. The number of nitro groups is 1. The van der Waals surface area contributed by atoms with Crippen molar-refractivity contribution < 1.29 is 18.9 Å². The average molecular weight is 530 g/mol. The van der Waals surface area contributed by atoms with Crippen LogP contribution in [0.4, 0.5) is 22.7 Å². The van der Waals surface area contributed by atoms with Gasteiger partial charge >= 0.3 is 0 Å². The van der Waals surface area contributed by atoms with E-state index in [4.69, 9.17) is 16.6 Å². The third-order valence-corrected chi connectivity index (χ3v) is 6.34. The van der Waals surface area contributed by atoms with E-state index >= 15 is 0 Å². The first kappa shape index (κ1) is 24.9. The largest absolute Gasteiger partial charge is 0.451 e. The number of nitro benzene ring substituents is 1. The van der Waals surface area contributed by atoms with Crippen LogP contribution in [0.25, 0.3) is 11.0 Å². The molecule has 11 heteroatoms. The molecule has 192 valence electrons. The molecule has 4 aromatic rings. The van der Waals surface area contributed by atoms with Gasteiger partial charge in [0.05, 0.1) is 4.92 Å². The zero-order valence-corrected chi connectivity index (χ0v) is 20.9. The van der Waals surface area contributed by atoms with Crippen LogP contribution in [-0.4, -0.2) is 34.9 Å². The van der Waals surface area contributed by atoms with Crippen molar-refractivity contribution in [1.82, 2.24) is 5.32 Å². The van der Waals surface area contributed by atoms with Gasteiger partial charge in [-0.05, 0) is 67.5 Å². The number of fused-ring (bicyclic) bond motifs is 1. The molecule has 0 atom stereocenters. The number of rotatable bonds is 6. The summed E-state index contributed by atoms with van der Waals surface area (Å²) < 4.78 is 5.60. The number of para-hydroxylation sites is 1. The smallest absolute Gasteiger partial charge is 0.293 e. The predicted octanol–water partition coefficient (Wildman–Crippen LogP) is 5.32. The van der Waals surface area contributed by atoms with Crippen molar-refractivity contribution in [3.63, 3.8) is 0 Å². The van der Waals surface area contributed by atoms with E-state index in [-0.39, 0.29) is 22.1 Å². The van der Waals surface area contributed by atoms with Crippen LogP contribution in [0.5, 0.6) is 0 Å². The van der Waals surface area contributed by atoms with E-state index in [0.29, 0.717) is 22.6 Å². The molecule has 0 spiro atoms. The topological polar surface area (TPSA) is 130 Å². The van der Waals surface area contributed by atoms with Gasteiger partial charge in [0.15, 0.2) is 10.9 Å². The molecule has 10 nitrogen and oxygen atoms in total. The molecule has 0 saturated carbocycles. The molecular weight excluding hydrogens is 506 g/mol. The molecule has 1 saturated heterocycles. The normalized spacial score (nSPS) is 12.8. The molecule has 0 radical (unpaired) electrons. The summed E-state index contributed by atoms with van der Waals surface area (Å²) in [5, 5.41) is 20.7. The van der Waals surface area contributed by atoms with Crippen LogP contribution in [-0.2, 0) is 0 Å². The number of nitrogens with one attached hydrogen (secondary N) is 3. The van der Waals surface area contributed by atoms with Gasteiger partial charge in [-0.1, -0.05) is 24.3 Å². The van der Waals surface area contributed by atoms with Gasteiger partial charge in [0, 0.05) is 41.5 Å². The number of benzene rings is 3. The van der Waals surface area contributed by atoms with Crippen molar-refractivity contribution in [3.8, 4) is 0 Å². The van der Waals surface area contributed by atoms with Crippen LogP contribution in [0, 0.1) is 10.1 Å². The first-order valence-corrected chi connectivity index (χ1v) is 12.3. The fourth-order valence-corrected chi connectivity index (χ4v) is 4.55. The maximum atomic E-state index is 12.8. The number of amides is 2. The molecule has 3 N–H and O–H groups in total. The summed E-state index contributed by atoms with van der Waals surface area (Å²) in [5.41, 5.74) is 2.13. The number of carbonyl (C=O) groups excluding carboxylic acids is 2. The zero-order chi connectivity index (χ0) is 26.6. The van der Waals surface area contributed by atoms with E-state index < -0.39 is 16.7 Å². The van der Waals surface area contributed by atoms with Crippen molar-refractivity contribution in [3.05, 3.63) is 94.2 Å². The van der Waals surface area contributed by atoms with Gasteiger partial charge in [0.25, 0.3) is 17.5 Å². The Bertz CT molecular complexity index is 1530. The average Bonchev–Trinajstić information content (AvgIpc) is 3.59. The Morgan fingerprint density at radius 2 is 1.63 bits per heavy atom. The number of hydrogen-bond acceptors (Lipinski definition) is 7. The van der Waals surface area contributed by atoms with Gasteiger partial charge in [-0.3, -0.25) is 25.0 Å². The minimum Gasteiger partial charge on any atom is -0.451 e. The van der Waals surface area contributed by atoms with Crippen molar-refractivity contribution >= 4 is 62.9 Å². The van der Waals surface area contributed by atoms with Crippen LogP contribution in [0.15, 0.2) is 77.2 Å². The Morgan fingerprint density at radius 3 is 2.37 bits per heavy atom. The molecule has 0 bridgehead atoms. The highest BCUT2D eigenvalue weighted by molar-refractivity contribution is 7.80. The highest BCUT2D eigenvalue weighted by Crippen LogP contribution is 2.31. The number of carbonyl (C=O) groups is 2. The molecule has 2 amide bonds. The van der Waals surface area contributed by atoms with Gasteiger partial charge in [0.2, 0.25) is 0 Å². The lowest BCUT2D eigenvalue weighted by Gasteiger charge is -2.18. The summed E-state index contributed by atoms with van der Waals surface area (Å²) >= 11 is 5.27. The van der Waals surface area contributed by atoms with Gasteiger partial charge < -0.3 is 20.0 Å². The van der Waals surface area contributed by atoms with Gasteiger partial charge in [-0.25, -0.2) is 0 Å². The molecule has 1 fully saturated rings. The molecule has 38 heavy (non-hydrogen) atoms. The summed E-state index contributed by atoms with van der Waals surface area (Å²) in [5.74, 6) is -0.807. The fraction of sp³-hybridized carbons (Fsp3) is 0.148. The second-order valence-corrected chi connectivity index (χ2v) is 9.15. The number of anilines is 3. The molecule has 1 aliphatic heterocycles. The Hall–Kier alpha value is -4.77. The predicted molar refractivity (Wildman–Crippen MR) is 149 cm³/mol. The van der Waals surface area contributed by atoms with E-state index in [2.05, 4.69) is 16.0 Å². The summed E-state index contributed by atoms with van der Waals surface area (Å²) in [7, 11) is 0. The summed E-state index contributed by atoms with van der Waals surface area (Å²) in [6, 6.07) is 20.2. The quantitative estimate of drug-likeness (QED) is 0.174. The SMILES string of the molecule is O=C(NC(=S)Nc1cccc(NC(=O)c2cc3ccccc3o2)c1)c1ccc(N2CCCC2)c([N+](=O)[O-])c1. The van der Waals surface area contributed by atoms with Crippen molar-refractivity contribution in [2.45, 2.75) is 12.8 Å². The number of nitrogens with zero attached hydrogens (tertiary/aromatic N) is 2. The van der Waals surface area contributed by atoms with E-state index in [0.717, 1.165) is 31.3 Å². The van der Waals surface area contributed by atoms with Crippen LogP contribution in [0.1, 0.15) is 33.8 Å². The summed E-state index contributed by atoms with van der Waals surface area (Å²) in [6.07, 6.45) is 1.95. The molecule has 5 rings (SSSR count). The van der Waals surface area contributed by atoms with Crippen molar-refractivity contribution in [2.75, 3.05) is 28.6 Å². The lowest BCUT2D eigenvalue weighted by molar-refractivity contribution is -0.384. The Morgan fingerprint density at radius 1 is 0.895 bits per heavy atom. The standard InChI is InChI=1S/C27H23N5O5S/c33-25(18-10-11-21(22(14-18)32(35)36)31-12-3-4-13-31)30-27(38)29-20-8-5-7-19(16-20)28-26(34)24-15-17-6-1-2-9-23(17)37-24/h1-2,5-11,14-16H,3-4,12-13H2,(H,28,34)(H2,29,30,33,38). The minimum atomic E-state index is -0.576. The highest BCUT2D eigenvalue weighted by atomic mass is 32.1. The Kier molecular flexibility index (Phi) is 7.00. The lowest BCUT2D eigenvalue weighted by Crippen LogP contribution is -2.34. The second-order valence-electron chi connectivity index (χ2n) is 8.75. The Labute approximate surface area is 222 Å². The highest BCUT2D eigenvalue weighted by Gasteiger charge is 2.24. The van der Waals surface area contributed by atoms with Gasteiger partial charge in [-0.15, -0.1) is 0 Å². The number of hydrogen-bond donors (Lipinski definition) is 3. The first-order chi connectivity index (χ1) is 18.4. The maximum absolute atomic E-state index is 12.8. The van der Waals surface area contributed by atoms with E-state index in [1.165, 1.54) is 6.07 Å². The molecule has 1 aromatic heterocycles. The minimum absolute atomic E-state index is 0.00188. The zero-order valence-electron chi connectivity index (χ0n) is 20.1. The molecule has 2 heterocycles. The molecule has 3 aromatic carbocycles. The maximum Gasteiger partial charge on any atom is 0.293 e. The molecule has 0 unspecified atom stereocenters. The van der Waals surface area contributed by atoms with Crippen LogP contribution in [0.3, 0.4) is 0 Å². The monoisotopic (exact) mass is 529 g/mol. The lowest BCUT2D eigenvalue weighted by atomic mass is 10.1. The molecule has 0 aliphatic carbocycles. The first-order valence-electron chi connectivity index (χ1n) is 11.9. The Balaban J connectivity index is 1.22. The van der Waals surface area contributed by atoms with E-state index in [9.17, 15) is 19.7 Å². The molecular formula is C27H23N5O5S. The van der Waals surface area contributed by atoms with Crippen LogP contribution in [0.2, 0.25) is 0 Å². The number of thiocarbonyl (C=S) groups is 1.